The Bertz CT molecular complexity index is 719. The van der Waals surface area contributed by atoms with Gasteiger partial charge in [-0.2, -0.15) is 0 Å². The Balaban J connectivity index is 2.38. The van der Waals surface area contributed by atoms with Gasteiger partial charge in [0, 0.05) is 14.1 Å². The summed E-state index contributed by atoms with van der Waals surface area (Å²) in [6, 6.07) is 5.28. The molecule has 0 bridgehead atoms. The van der Waals surface area contributed by atoms with E-state index >= 15 is 0 Å². The number of carbonyl (C=O) groups is 2. The lowest BCUT2D eigenvalue weighted by Crippen LogP contribution is -2.52. The van der Waals surface area contributed by atoms with Crippen LogP contribution in [0.5, 0.6) is 11.5 Å². The zero-order chi connectivity index (χ0) is 18.7. The molecule has 2 amide bonds. The van der Waals surface area contributed by atoms with Gasteiger partial charge >= 0.3 is 0 Å². The Labute approximate surface area is 153 Å². The van der Waals surface area contributed by atoms with Crippen LogP contribution in [0.25, 0.3) is 6.08 Å². The van der Waals surface area contributed by atoms with E-state index in [1.165, 1.54) is 15.9 Å². The Hall–Kier alpha value is -2.41. The van der Waals surface area contributed by atoms with Gasteiger partial charge in [-0.25, -0.2) is 0 Å². The standard InChI is InChI=1S/C18H22N2O4S/c1-6-11(2)24-14-8-7-12(10-15(14)23-5)9-13-16(21)19(3)18(25)20(4)17(13)22/h7-11H,6H2,1-5H3/t11-/m1/s1. The van der Waals surface area contributed by atoms with Crippen LogP contribution in [0.2, 0.25) is 0 Å². The summed E-state index contributed by atoms with van der Waals surface area (Å²) in [6.07, 6.45) is 2.47. The Morgan fingerprint density at radius 3 is 2.28 bits per heavy atom. The van der Waals surface area contributed by atoms with Crippen molar-refractivity contribution in [3.8, 4) is 11.5 Å². The first-order chi connectivity index (χ1) is 11.8. The first kappa shape index (κ1) is 18.9. The number of rotatable bonds is 5. The van der Waals surface area contributed by atoms with Crippen molar-refractivity contribution in [2.45, 2.75) is 26.4 Å². The third-order valence-electron chi connectivity index (χ3n) is 4.05. The molecule has 0 saturated carbocycles. The molecule has 25 heavy (non-hydrogen) atoms. The molecule has 0 aromatic heterocycles. The summed E-state index contributed by atoms with van der Waals surface area (Å²) in [7, 11) is 4.64. The fourth-order valence-corrected chi connectivity index (χ4v) is 2.48. The van der Waals surface area contributed by atoms with Gasteiger partial charge in [-0.15, -0.1) is 0 Å². The Morgan fingerprint density at radius 2 is 1.76 bits per heavy atom. The number of likely N-dealkylation sites (N-methyl/N-ethyl adjacent to an activating group) is 2. The molecule has 0 aliphatic carbocycles. The van der Waals surface area contributed by atoms with E-state index in [0.717, 1.165) is 6.42 Å². The second-order valence-corrected chi connectivity index (χ2v) is 6.18. The van der Waals surface area contributed by atoms with E-state index in [9.17, 15) is 9.59 Å². The van der Waals surface area contributed by atoms with E-state index in [0.29, 0.717) is 17.1 Å². The highest BCUT2D eigenvalue weighted by Gasteiger charge is 2.35. The van der Waals surface area contributed by atoms with Crippen molar-refractivity contribution in [2.75, 3.05) is 21.2 Å². The van der Waals surface area contributed by atoms with Gasteiger partial charge in [-0.1, -0.05) is 13.0 Å². The third-order valence-corrected chi connectivity index (χ3v) is 4.59. The molecule has 0 spiro atoms. The first-order valence-corrected chi connectivity index (χ1v) is 8.37. The Kier molecular flexibility index (Phi) is 5.79. The molecule has 1 heterocycles. The maximum atomic E-state index is 12.4. The number of benzene rings is 1. The molecular weight excluding hydrogens is 340 g/mol. The van der Waals surface area contributed by atoms with Crippen LogP contribution in [0.15, 0.2) is 23.8 Å². The predicted octanol–water partition coefficient (Wildman–Crippen LogP) is 2.47. The quantitative estimate of drug-likeness (QED) is 0.458. The first-order valence-electron chi connectivity index (χ1n) is 7.96. The van der Waals surface area contributed by atoms with E-state index in [2.05, 4.69) is 0 Å². The maximum absolute atomic E-state index is 12.4. The van der Waals surface area contributed by atoms with Crippen molar-refractivity contribution in [1.82, 2.24) is 9.80 Å². The van der Waals surface area contributed by atoms with Crippen molar-refractivity contribution in [2.24, 2.45) is 0 Å². The van der Waals surface area contributed by atoms with Crippen LogP contribution in [0, 0.1) is 0 Å². The van der Waals surface area contributed by atoms with Gasteiger partial charge < -0.3 is 9.47 Å². The molecule has 1 atom stereocenters. The minimum Gasteiger partial charge on any atom is -0.493 e. The van der Waals surface area contributed by atoms with Gasteiger partial charge in [0.2, 0.25) is 0 Å². The summed E-state index contributed by atoms with van der Waals surface area (Å²) in [4.78, 5) is 27.3. The van der Waals surface area contributed by atoms with Crippen molar-refractivity contribution in [3.63, 3.8) is 0 Å². The molecule has 1 aliphatic heterocycles. The summed E-state index contributed by atoms with van der Waals surface area (Å²) < 4.78 is 11.2. The lowest BCUT2D eigenvalue weighted by molar-refractivity contribution is -0.132. The number of nitrogens with zero attached hydrogens (tertiary/aromatic N) is 2. The van der Waals surface area contributed by atoms with Crippen LogP contribution in [0.4, 0.5) is 0 Å². The van der Waals surface area contributed by atoms with Gasteiger partial charge in [-0.3, -0.25) is 19.4 Å². The van der Waals surface area contributed by atoms with E-state index in [-0.39, 0.29) is 16.8 Å². The van der Waals surface area contributed by atoms with Gasteiger partial charge in [-0.05, 0) is 49.3 Å². The molecule has 1 aliphatic rings. The topological polar surface area (TPSA) is 59.1 Å². The van der Waals surface area contributed by atoms with Crippen LogP contribution in [-0.2, 0) is 9.59 Å². The number of hydrogen-bond acceptors (Lipinski definition) is 5. The summed E-state index contributed by atoms with van der Waals surface area (Å²) in [6.45, 7) is 4.01. The molecular formula is C18H22N2O4S. The van der Waals surface area contributed by atoms with E-state index in [1.54, 1.807) is 39.4 Å². The zero-order valence-corrected chi connectivity index (χ0v) is 15.8. The van der Waals surface area contributed by atoms with Crippen LogP contribution in [0.3, 0.4) is 0 Å². The predicted molar refractivity (Wildman–Crippen MR) is 99.5 cm³/mol. The highest BCUT2D eigenvalue weighted by Crippen LogP contribution is 2.30. The number of thiocarbonyl (C=S) groups is 1. The molecule has 1 fully saturated rings. The zero-order valence-electron chi connectivity index (χ0n) is 15.0. The monoisotopic (exact) mass is 362 g/mol. The lowest BCUT2D eigenvalue weighted by Gasteiger charge is -2.31. The minimum absolute atomic E-state index is 0.0521. The fourth-order valence-electron chi connectivity index (χ4n) is 2.31. The van der Waals surface area contributed by atoms with Crippen molar-refractivity contribution in [3.05, 3.63) is 29.3 Å². The number of amides is 2. The van der Waals surface area contributed by atoms with Crippen molar-refractivity contribution in [1.29, 1.82) is 0 Å². The van der Waals surface area contributed by atoms with Crippen molar-refractivity contribution >= 4 is 35.2 Å². The highest BCUT2D eigenvalue weighted by molar-refractivity contribution is 7.80. The van der Waals surface area contributed by atoms with Crippen molar-refractivity contribution < 1.29 is 19.1 Å². The third kappa shape index (κ3) is 3.82. The smallest absolute Gasteiger partial charge is 0.265 e. The molecule has 0 unspecified atom stereocenters. The molecule has 2 rings (SSSR count). The van der Waals surface area contributed by atoms with E-state index in [4.69, 9.17) is 21.7 Å². The highest BCUT2D eigenvalue weighted by atomic mass is 32.1. The van der Waals surface area contributed by atoms with E-state index in [1.807, 2.05) is 13.8 Å². The molecule has 1 aromatic rings. The summed E-state index contributed by atoms with van der Waals surface area (Å²) in [5, 5.41) is 0.182. The van der Waals surface area contributed by atoms with E-state index < -0.39 is 11.8 Å². The van der Waals surface area contributed by atoms with Crippen LogP contribution < -0.4 is 9.47 Å². The molecule has 0 radical (unpaired) electrons. The summed E-state index contributed by atoms with van der Waals surface area (Å²) in [5.41, 5.74) is 0.718. The maximum Gasteiger partial charge on any atom is 0.265 e. The van der Waals surface area contributed by atoms with Gasteiger partial charge in [0.25, 0.3) is 11.8 Å². The number of ether oxygens (including phenoxy) is 2. The molecule has 0 N–H and O–H groups in total. The molecule has 1 saturated heterocycles. The summed E-state index contributed by atoms with van der Waals surface area (Å²) >= 11 is 5.08. The normalized spacial score (nSPS) is 16.2. The van der Waals surface area contributed by atoms with Crippen LogP contribution >= 0.6 is 12.2 Å². The fraction of sp³-hybridized carbons (Fsp3) is 0.389. The van der Waals surface area contributed by atoms with Gasteiger partial charge in [0.05, 0.1) is 13.2 Å². The summed E-state index contributed by atoms with van der Waals surface area (Å²) in [5.74, 6) is 0.317. The largest absolute Gasteiger partial charge is 0.493 e. The van der Waals surface area contributed by atoms with Gasteiger partial charge in [0.15, 0.2) is 16.6 Å². The lowest BCUT2D eigenvalue weighted by atomic mass is 10.1. The SMILES string of the molecule is CC[C@@H](C)Oc1ccc(C=C2C(=O)N(C)C(=S)N(C)C2=O)cc1OC. The molecule has 7 heteroatoms. The molecule has 1 aromatic carbocycles. The number of hydrogen-bond donors (Lipinski definition) is 0. The van der Waals surface area contributed by atoms with Gasteiger partial charge in [0.1, 0.15) is 5.57 Å². The number of carbonyl (C=O) groups excluding carboxylic acids is 2. The Morgan fingerprint density at radius 1 is 1.16 bits per heavy atom. The molecule has 134 valence electrons. The second kappa shape index (κ2) is 7.65. The average molecular weight is 362 g/mol. The average Bonchev–Trinajstić information content (AvgIpc) is 2.62. The molecule has 6 nitrogen and oxygen atoms in total. The second-order valence-electron chi connectivity index (χ2n) is 5.82. The minimum atomic E-state index is -0.424. The number of methoxy groups -OCH3 is 1. The van der Waals surface area contributed by atoms with Crippen LogP contribution in [-0.4, -0.2) is 54.0 Å². The van der Waals surface area contributed by atoms with Crippen LogP contribution in [0.1, 0.15) is 25.8 Å².